The van der Waals surface area contributed by atoms with Crippen molar-refractivity contribution in [2.24, 2.45) is 13.0 Å². The van der Waals surface area contributed by atoms with Crippen LogP contribution in [0.3, 0.4) is 0 Å². The first-order chi connectivity index (χ1) is 13.9. The second-order valence-corrected chi connectivity index (χ2v) is 9.57. The molecule has 0 aliphatic carbocycles. The summed E-state index contributed by atoms with van der Waals surface area (Å²) in [6.07, 6.45) is 3.28. The number of nitrogens with one attached hydrogen (secondary N) is 1. The molecule has 1 amide bonds. The summed E-state index contributed by atoms with van der Waals surface area (Å²) in [4.78, 5) is 13.1. The lowest BCUT2D eigenvalue weighted by Crippen LogP contribution is -2.44. The number of aryl methyl sites for hydroxylation is 2. The molecule has 2 aliphatic rings. The van der Waals surface area contributed by atoms with Crippen molar-refractivity contribution in [1.29, 1.82) is 0 Å². The van der Waals surface area contributed by atoms with Crippen molar-refractivity contribution in [3.05, 3.63) is 41.7 Å². The molecule has 4 rings (SSSR count). The number of para-hydroxylation sites is 1. The first-order valence-electron chi connectivity index (χ1n) is 9.89. The van der Waals surface area contributed by atoms with E-state index in [2.05, 4.69) is 10.4 Å². The van der Waals surface area contributed by atoms with Crippen LogP contribution in [-0.4, -0.2) is 48.1 Å². The van der Waals surface area contributed by atoms with E-state index in [9.17, 15) is 13.2 Å². The van der Waals surface area contributed by atoms with Crippen LogP contribution in [0.5, 0.6) is 5.75 Å². The maximum Gasteiger partial charge on any atom is 0.246 e. The number of amides is 1. The lowest BCUT2D eigenvalue weighted by molar-refractivity contribution is -0.127. The van der Waals surface area contributed by atoms with Crippen molar-refractivity contribution in [3.8, 4) is 5.75 Å². The van der Waals surface area contributed by atoms with Gasteiger partial charge in [0, 0.05) is 44.2 Å². The van der Waals surface area contributed by atoms with E-state index in [1.54, 1.807) is 14.0 Å². The first-order valence-corrected chi connectivity index (χ1v) is 11.3. The third-order valence-electron chi connectivity index (χ3n) is 5.69. The highest BCUT2D eigenvalue weighted by molar-refractivity contribution is 7.89. The molecule has 0 bridgehead atoms. The number of sulfonamides is 1. The Morgan fingerprint density at radius 3 is 2.62 bits per heavy atom. The number of nitrogens with zero attached hydrogens (tertiary/aromatic N) is 3. The van der Waals surface area contributed by atoms with Crippen LogP contribution in [0.1, 0.15) is 36.6 Å². The molecule has 0 saturated carbocycles. The van der Waals surface area contributed by atoms with E-state index >= 15 is 0 Å². The summed E-state index contributed by atoms with van der Waals surface area (Å²) in [6, 6.07) is 7.69. The van der Waals surface area contributed by atoms with Crippen molar-refractivity contribution >= 4 is 15.9 Å². The molecular weight excluding hydrogens is 392 g/mol. The number of carbonyl (C=O) groups is 1. The molecule has 1 aromatic heterocycles. The number of hydrogen-bond acceptors (Lipinski definition) is 5. The van der Waals surface area contributed by atoms with Gasteiger partial charge in [-0.2, -0.15) is 9.40 Å². The van der Waals surface area contributed by atoms with Crippen LogP contribution in [0.2, 0.25) is 0 Å². The van der Waals surface area contributed by atoms with Gasteiger partial charge in [-0.25, -0.2) is 8.42 Å². The van der Waals surface area contributed by atoms with Gasteiger partial charge in [0.05, 0.1) is 18.3 Å². The van der Waals surface area contributed by atoms with Gasteiger partial charge >= 0.3 is 0 Å². The highest BCUT2D eigenvalue weighted by Crippen LogP contribution is 2.32. The molecule has 1 saturated heterocycles. The third kappa shape index (κ3) is 3.89. The van der Waals surface area contributed by atoms with Gasteiger partial charge in [-0.15, -0.1) is 0 Å². The quantitative estimate of drug-likeness (QED) is 0.817. The fourth-order valence-electron chi connectivity index (χ4n) is 4.11. The van der Waals surface area contributed by atoms with Gasteiger partial charge in [0.25, 0.3) is 0 Å². The fourth-order valence-corrected chi connectivity index (χ4v) is 5.78. The molecule has 1 fully saturated rings. The van der Waals surface area contributed by atoms with Crippen LogP contribution in [0.25, 0.3) is 0 Å². The molecule has 1 atom stereocenters. The fraction of sp³-hybridized carbons (Fsp3) is 0.500. The van der Waals surface area contributed by atoms with Crippen LogP contribution >= 0.6 is 0 Å². The van der Waals surface area contributed by atoms with E-state index in [4.69, 9.17) is 4.74 Å². The zero-order valence-corrected chi connectivity index (χ0v) is 17.5. The van der Waals surface area contributed by atoms with Gasteiger partial charge in [0.15, 0.2) is 0 Å². The predicted molar refractivity (Wildman–Crippen MR) is 107 cm³/mol. The van der Waals surface area contributed by atoms with E-state index in [0.29, 0.717) is 38.2 Å². The molecule has 2 aromatic rings. The summed E-state index contributed by atoms with van der Waals surface area (Å²) in [5, 5.41) is 7.28. The Labute approximate surface area is 170 Å². The van der Waals surface area contributed by atoms with E-state index in [-0.39, 0.29) is 22.8 Å². The maximum atomic E-state index is 12.9. The van der Waals surface area contributed by atoms with E-state index in [1.165, 1.54) is 15.2 Å². The minimum atomic E-state index is -3.59. The lowest BCUT2D eigenvalue weighted by atomic mass is 9.95. The minimum Gasteiger partial charge on any atom is -0.493 e. The second-order valence-electron chi connectivity index (χ2n) is 7.67. The largest absolute Gasteiger partial charge is 0.493 e. The smallest absolute Gasteiger partial charge is 0.246 e. The molecule has 2 aliphatic heterocycles. The summed E-state index contributed by atoms with van der Waals surface area (Å²) < 4.78 is 34.4. The Morgan fingerprint density at radius 1 is 1.21 bits per heavy atom. The molecule has 29 heavy (non-hydrogen) atoms. The summed E-state index contributed by atoms with van der Waals surface area (Å²) in [6.45, 7) is 2.93. The number of carbonyl (C=O) groups excluding carboxylic acids is 1. The predicted octanol–water partition coefficient (Wildman–Crippen LogP) is 1.77. The van der Waals surface area contributed by atoms with E-state index in [0.717, 1.165) is 17.7 Å². The van der Waals surface area contributed by atoms with Gasteiger partial charge in [-0.3, -0.25) is 9.48 Å². The highest BCUT2D eigenvalue weighted by atomic mass is 32.2. The number of rotatable bonds is 4. The topological polar surface area (TPSA) is 93.5 Å². The van der Waals surface area contributed by atoms with Gasteiger partial charge in [0.2, 0.25) is 15.9 Å². The average molecular weight is 419 g/mol. The SMILES string of the molecule is Cc1nn(C)cc1S(=O)(=O)N1CCC(C(=O)N[C@@H]2CCOc3ccccc32)CC1. The van der Waals surface area contributed by atoms with Crippen molar-refractivity contribution in [2.75, 3.05) is 19.7 Å². The number of benzene rings is 1. The number of ether oxygens (including phenoxy) is 1. The molecular formula is C20H26N4O4S. The highest BCUT2D eigenvalue weighted by Gasteiger charge is 2.34. The number of hydrogen-bond donors (Lipinski definition) is 1. The molecule has 156 valence electrons. The van der Waals surface area contributed by atoms with Gasteiger partial charge in [0.1, 0.15) is 10.6 Å². The van der Waals surface area contributed by atoms with Crippen molar-refractivity contribution in [2.45, 2.75) is 37.1 Å². The van der Waals surface area contributed by atoms with Crippen molar-refractivity contribution < 1.29 is 17.9 Å². The van der Waals surface area contributed by atoms with Crippen LogP contribution < -0.4 is 10.1 Å². The van der Waals surface area contributed by atoms with Gasteiger partial charge in [-0.1, -0.05) is 18.2 Å². The molecule has 0 radical (unpaired) electrons. The van der Waals surface area contributed by atoms with E-state index in [1.807, 2.05) is 24.3 Å². The Balaban J connectivity index is 1.39. The third-order valence-corrected chi connectivity index (χ3v) is 7.69. The summed E-state index contributed by atoms with van der Waals surface area (Å²) in [5.74, 6) is 0.615. The first kappa shape index (κ1) is 19.9. The van der Waals surface area contributed by atoms with Crippen LogP contribution in [0.4, 0.5) is 0 Å². The Kier molecular flexibility index (Phi) is 5.35. The zero-order chi connectivity index (χ0) is 20.6. The van der Waals surface area contributed by atoms with Gasteiger partial charge in [-0.05, 0) is 25.8 Å². The van der Waals surface area contributed by atoms with Crippen molar-refractivity contribution in [1.82, 2.24) is 19.4 Å². The molecule has 9 heteroatoms. The number of fused-ring (bicyclic) bond motifs is 1. The lowest BCUT2D eigenvalue weighted by Gasteiger charge is -2.32. The molecule has 1 aromatic carbocycles. The normalized spacial score (nSPS) is 20.7. The van der Waals surface area contributed by atoms with Crippen LogP contribution in [0.15, 0.2) is 35.4 Å². The Bertz CT molecular complexity index is 1010. The molecule has 0 spiro atoms. The maximum absolute atomic E-state index is 12.9. The zero-order valence-electron chi connectivity index (χ0n) is 16.7. The molecule has 1 N–H and O–H groups in total. The summed E-state index contributed by atoms with van der Waals surface area (Å²) in [5.41, 5.74) is 1.49. The van der Waals surface area contributed by atoms with Gasteiger partial charge < -0.3 is 10.1 Å². The molecule has 8 nitrogen and oxygen atoms in total. The van der Waals surface area contributed by atoms with E-state index < -0.39 is 10.0 Å². The number of aromatic nitrogens is 2. The Morgan fingerprint density at radius 2 is 1.93 bits per heavy atom. The standard InChI is InChI=1S/C20H26N4O4S/c1-14-19(13-23(2)22-14)29(26,27)24-10-7-15(8-11-24)20(25)21-17-9-12-28-18-6-4-3-5-16(17)18/h3-6,13,15,17H,7-12H2,1-2H3,(H,21,25)/t17-/m1/s1. The van der Waals surface area contributed by atoms with Crippen molar-refractivity contribution in [3.63, 3.8) is 0 Å². The monoisotopic (exact) mass is 418 g/mol. The summed E-state index contributed by atoms with van der Waals surface area (Å²) >= 11 is 0. The van der Waals surface area contributed by atoms with Crippen LogP contribution in [0, 0.1) is 12.8 Å². The molecule has 3 heterocycles. The Hall–Kier alpha value is -2.39. The molecule has 0 unspecified atom stereocenters. The average Bonchev–Trinajstić information content (AvgIpc) is 3.07. The second kappa shape index (κ2) is 7.79. The number of piperidine rings is 1. The summed E-state index contributed by atoms with van der Waals surface area (Å²) in [7, 11) is -1.88. The minimum absolute atomic E-state index is 0.0127. The van der Waals surface area contributed by atoms with Crippen LogP contribution in [-0.2, 0) is 21.9 Å².